The molecular weight excluding hydrogens is 577 g/mol. The molecule has 1 fully saturated rings. The number of imide groups is 1. The molecule has 1 aliphatic heterocycles. The molecule has 4 N–H and O–H groups in total. The van der Waals surface area contributed by atoms with Gasteiger partial charge in [0, 0.05) is 45.0 Å². The third kappa shape index (κ3) is 6.68. The zero-order valence-electron chi connectivity index (χ0n) is 26.7. The predicted molar refractivity (Wildman–Crippen MR) is 171 cm³/mol. The fourth-order valence-corrected chi connectivity index (χ4v) is 5.44. The van der Waals surface area contributed by atoms with E-state index in [1.807, 2.05) is 44.2 Å². The van der Waals surface area contributed by atoms with Gasteiger partial charge < -0.3 is 26.0 Å². The molecule has 0 radical (unpaired) electrons. The number of hydrogen-bond donors (Lipinski definition) is 3. The van der Waals surface area contributed by atoms with Gasteiger partial charge in [-0.25, -0.2) is 9.18 Å². The maximum absolute atomic E-state index is 15.5. The summed E-state index contributed by atoms with van der Waals surface area (Å²) >= 11 is 0. The van der Waals surface area contributed by atoms with Gasteiger partial charge in [0.25, 0.3) is 0 Å². The number of methoxy groups -OCH3 is 1. The summed E-state index contributed by atoms with van der Waals surface area (Å²) in [5, 5.41) is 5.99. The van der Waals surface area contributed by atoms with E-state index in [0.29, 0.717) is 22.6 Å². The molecule has 3 aromatic carbocycles. The van der Waals surface area contributed by atoms with E-state index in [1.54, 1.807) is 33.0 Å². The van der Waals surface area contributed by atoms with Crippen LogP contribution in [0.3, 0.4) is 0 Å². The molecule has 1 saturated heterocycles. The minimum Gasteiger partial charge on any atom is -0.496 e. The lowest BCUT2D eigenvalue weighted by molar-refractivity contribution is -0.140. The second kappa shape index (κ2) is 13.1. The number of urea groups is 1. The van der Waals surface area contributed by atoms with Crippen molar-refractivity contribution in [3.8, 4) is 28.0 Å². The number of hydrogen-bond acceptors (Lipinski definition) is 6. The van der Waals surface area contributed by atoms with Crippen molar-refractivity contribution < 1.29 is 28.3 Å². The van der Waals surface area contributed by atoms with Crippen molar-refractivity contribution in [1.29, 1.82) is 0 Å². The molecule has 0 spiro atoms. The van der Waals surface area contributed by atoms with Gasteiger partial charge in [-0.1, -0.05) is 30.3 Å². The Morgan fingerprint density at radius 3 is 2.29 bits per heavy atom. The molecule has 11 heteroatoms. The van der Waals surface area contributed by atoms with Crippen LogP contribution < -0.4 is 21.1 Å². The molecule has 5 amide bonds. The molecule has 0 saturated carbocycles. The highest BCUT2D eigenvalue weighted by atomic mass is 19.1. The van der Waals surface area contributed by atoms with Crippen LogP contribution in [-0.2, 0) is 20.9 Å². The first-order valence-corrected chi connectivity index (χ1v) is 14.6. The fraction of sp³-hybridized carbons (Fsp3) is 0.353. The second-order valence-electron chi connectivity index (χ2n) is 12.0. The Balaban J connectivity index is 1.62. The van der Waals surface area contributed by atoms with Crippen LogP contribution >= 0.6 is 0 Å². The van der Waals surface area contributed by atoms with Gasteiger partial charge in [-0.05, 0) is 79.3 Å². The Labute approximate surface area is 262 Å². The van der Waals surface area contributed by atoms with Crippen LogP contribution in [0.1, 0.15) is 30.5 Å². The number of nitrogens with one attached hydrogen (secondary N) is 2. The number of carbonyl (C=O) groups is 4. The quantitative estimate of drug-likeness (QED) is 0.288. The number of amides is 5. The van der Waals surface area contributed by atoms with E-state index in [0.717, 1.165) is 32.7 Å². The third-order valence-electron chi connectivity index (χ3n) is 8.45. The highest BCUT2D eigenvalue weighted by Crippen LogP contribution is 2.38. The lowest BCUT2D eigenvalue weighted by atomic mass is 9.90. The van der Waals surface area contributed by atoms with Crippen molar-refractivity contribution >= 4 is 29.4 Å². The molecule has 0 aromatic heterocycles. The predicted octanol–water partition coefficient (Wildman–Crippen LogP) is 4.46. The van der Waals surface area contributed by atoms with Gasteiger partial charge in [-0.2, -0.15) is 0 Å². The second-order valence-corrected chi connectivity index (χ2v) is 12.0. The standard InChI is InChI=1S/C34H40FN5O5/c1-19-22(21-14-27(35)25(29(15-21)45-7)16-37-18-34(3,4)32(36)43)10-8-11-23(19)24-12-9-13-28(20(24)2)38-30(41)26-17-39(5)33(44)40(6)31(26)42/h8-15,26,37H,16-18H2,1-7H3,(H2,36,43)(H,38,41). The number of benzene rings is 3. The summed E-state index contributed by atoms with van der Waals surface area (Å²) in [6.45, 7) is 7.69. The van der Waals surface area contributed by atoms with Gasteiger partial charge in [0.05, 0.1) is 12.5 Å². The molecule has 1 heterocycles. The van der Waals surface area contributed by atoms with Gasteiger partial charge in [-0.15, -0.1) is 0 Å². The number of anilines is 1. The number of nitrogens with two attached hydrogens (primary N) is 1. The highest BCUT2D eigenvalue weighted by molar-refractivity contribution is 6.12. The van der Waals surface area contributed by atoms with Crippen molar-refractivity contribution in [3.63, 3.8) is 0 Å². The molecule has 1 unspecified atom stereocenters. The zero-order chi connectivity index (χ0) is 33.2. The Hall–Kier alpha value is -4.77. The zero-order valence-corrected chi connectivity index (χ0v) is 26.7. The van der Waals surface area contributed by atoms with Crippen LogP contribution in [-0.4, -0.2) is 67.8 Å². The van der Waals surface area contributed by atoms with Crippen LogP contribution in [0.5, 0.6) is 5.75 Å². The topological polar surface area (TPSA) is 134 Å². The molecule has 238 valence electrons. The normalized spacial score (nSPS) is 15.3. The lowest BCUT2D eigenvalue weighted by Crippen LogP contribution is -2.56. The van der Waals surface area contributed by atoms with E-state index < -0.39 is 40.9 Å². The first-order valence-electron chi connectivity index (χ1n) is 14.6. The minimum absolute atomic E-state index is 0.00599. The largest absolute Gasteiger partial charge is 0.496 e. The van der Waals surface area contributed by atoms with Gasteiger partial charge in [-0.3, -0.25) is 19.3 Å². The molecule has 1 aliphatic rings. The van der Waals surface area contributed by atoms with E-state index in [-0.39, 0.29) is 19.6 Å². The van der Waals surface area contributed by atoms with E-state index in [1.165, 1.54) is 25.1 Å². The Morgan fingerprint density at radius 2 is 1.64 bits per heavy atom. The first-order chi connectivity index (χ1) is 21.2. The molecule has 0 aliphatic carbocycles. The van der Waals surface area contributed by atoms with E-state index in [2.05, 4.69) is 10.6 Å². The van der Waals surface area contributed by atoms with Crippen LogP contribution in [0.15, 0.2) is 48.5 Å². The number of rotatable bonds is 10. The average molecular weight is 618 g/mol. The number of carbonyl (C=O) groups excluding carboxylic acids is 4. The van der Waals surface area contributed by atoms with Gasteiger partial charge >= 0.3 is 6.03 Å². The molecule has 10 nitrogen and oxygen atoms in total. The Kier molecular flexibility index (Phi) is 9.62. The third-order valence-corrected chi connectivity index (χ3v) is 8.45. The molecule has 1 atom stereocenters. The number of ether oxygens (including phenoxy) is 1. The summed E-state index contributed by atoms with van der Waals surface area (Å²) < 4.78 is 21.1. The summed E-state index contributed by atoms with van der Waals surface area (Å²) in [4.78, 5) is 51.9. The maximum Gasteiger partial charge on any atom is 0.326 e. The summed E-state index contributed by atoms with van der Waals surface area (Å²) in [5.74, 6) is -2.60. The van der Waals surface area contributed by atoms with E-state index in [9.17, 15) is 19.2 Å². The van der Waals surface area contributed by atoms with Crippen LogP contribution in [0.4, 0.5) is 14.9 Å². The van der Waals surface area contributed by atoms with Gasteiger partial charge in [0.1, 0.15) is 17.5 Å². The van der Waals surface area contributed by atoms with Crippen molar-refractivity contribution in [3.05, 3.63) is 71.0 Å². The van der Waals surface area contributed by atoms with Gasteiger partial charge in [0.2, 0.25) is 17.7 Å². The molecule has 4 rings (SSSR count). The Morgan fingerprint density at radius 1 is 1.02 bits per heavy atom. The average Bonchev–Trinajstić information content (AvgIpc) is 2.99. The molecular formula is C34H40FN5O5. The number of primary amides is 1. The summed E-state index contributed by atoms with van der Waals surface area (Å²) in [7, 11) is 4.39. The summed E-state index contributed by atoms with van der Waals surface area (Å²) in [6.07, 6.45) is 0. The smallest absolute Gasteiger partial charge is 0.326 e. The SMILES string of the molecule is COc1cc(-c2cccc(-c3cccc(NC(=O)C4CN(C)C(=O)N(C)C4=O)c3C)c2C)cc(F)c1CNCC(C)(C)C(N)=O. The molecule has 0 bridgehead atoms. The van der Waals surface area contributed by atoms with Crippen molar-refractivity contribution in [1.82, 2.24) is 15.1 Å². The maximum atomic E-state index is 15.5. The van der Waals surface area contributed by atoms with Crippen LogP contribution in [0, 0.1) is 31.0 Å². The van der Waals surface area contributed by atoms with E-state index >= 15 is 4.39 Å². The summed E-state index contributed by atoms with van der Waals surface area (Å²) in [6, 6.07) is 14.1. The minimum atomic E-state index is -1.02. The van der Waals surface area contributed by atoms with Crippen molar-refractivity contribution in [2.45, 2.75) is 34.2 Å². The van der Waals surface area contributed by atoms with E-state index in [4.69, 9.17) is 10.5 Å². The van der Waals surface area contributed by atoms with Gasteiger partial charge in [0.15, 0.2) is 0 Å². The fourth-order valence-electron chi connectivity index (χ4n) is 5.44. The molecule has 3 aromatic rings. The lowest BCUT2D eigenvalue weighted by Gasteiger charge is -2.33. The van der Waals surface area contributed by atoms with Crippen LogP contribution in [0.2, 0.25) is 0 Å². The first kappa shape index (κ1) is 33.1. The van der Waals surface area contributed by atoms with Crippen LogP contribution in [0.25, 0.3) is 22.3 Å². The van der Waals surface area contributed by atoms with Crippen molar-refractivity contribution in [2.24, 2.45) is 17.1 Å². The number of nitrogens with zero attached hydrogens (tertiary/aromatic N) is 2. The van der Waals surface area contributed by atoms with Crippen molar-refractivity contribution in [2.75, 3.05) is 39.6 Å². The Bertz CT molecular complexity index is 1670. The molecule has 45 heavy (non-hydrogen) atoms. The monoisotopic (exact) mass is 617 g/mol. The highest BCUT2D eigenvalue weighted by Gasteiger charge is 2.39. The number of halogens is 1. The summed E-state index contributed by atoms with van der Waals surface area (Å²) in [5.41, 5.74) is 10.4.